The van der Waals surface area contributed by atoms with Gasteiger partial charge in [0.05, 0.1) is 22.8 Å². The lowest BCUT2D eigenvalue weighted by atomic mass is 9.93. The largest absolute Gasteiger partial charge is 0.339 e. The van der Waals surface area contributed by atoms with Crippen LogP contribution < -0.4 is 0 Å². The number of aromatic nitrogens is 2. The summed E-state index contributed by atoms with van der Waals surface area (Å²) in [6, 6.07) is 8.10. The Kier molecular flexibility index (Phi) is 3.35. The number of halogens is 1. The van der Waals surface area contributed by atoms with Crippen molar-refractivity contribution in [1.82, 2.24) is 9.55 Å². The zero-order valence-corrected chi connectivity index (χ0v) is 13.4. The third kappa shape index (κ3) is 2.48. The van der Waals surface area contributed by atoms with Crippen LogP contribution in [0.5, 0.6) is 0 Å². The van der Waals surface area contributed by atoms with Crippen molar-refractivity contribution in [3.8, 4) is 0 Å². The van der Waals surface area contributed by atoms with Crippen molar-refractivity contribution in [2.45, 2.75) is 32.7 Å². The van der Waals surface area contributed by atoms with E-state index in [1.54, 1.807) is 11.3 Å². The molecule has 2 nitrogen and oxygen atoms in total. The summed E-state index contributed by atoms with van der Waals surface area (Å²) in [6.07, 6.45) is 2.08. The molecule has 0 aliphatic rings. The van der Waals surface area contributed by atoms with Crippen molar-refractivity contribution in [2.75, 3.05) is 0 Å². The molecule has 0 saturated heterocycles. The topological polar surface area (TPSA) is 17.8 Å². The molecule has 0 spiro atoms. The molecule has 0 amide bonds. The molecule has 0 unspecified atom stereocenters. The molecule has 0 fully saturated rings. The fourth-order valence-electron chi connectivity index (χ4n) is 2.22. The van der Waals surface area contributed by atoms with E-state index in [0.717, 1.165) is 27.8 Å². The summed E-state index contributed by atoms with van der Waals surface area (Å²) >= 11 is 8.02. The van der Waals surface area contributed by atoms with Crippen molar-refractivity contribution < 1.29 is 0 Å². The molecular formula is C16H17ClN2S. The molecule has 0 atom stereocenters. The van der Waals surface area contributed by atoms with Gasteiger partial charge in [-0.25, -0.2) is 4.98 Å². The highest BCUT2D eigenvalue weighted by molar-refractivity contribution is 7.09. The predicted molar refractivity (Wildman–Crippen MR) is 86.9 cm³/mol. The van der Waals surface area contributed by atoms with E-state index in [1.165, 1.54) is 5.39 Å². The molecule has 0 bridgehead atoms. The fraction of sp³-hybridized carbons (Fsp3) is 0.312. The van der Waals surface area contributed by atoms with E-state index in [9.17, 15) is 0 Å². The molecule has 104 valence electrons. The number of fused-ring (bicyclic) bond motifs is 1. The maximum Gasteiger partial charge on any atom is 0.113 e. The molecule has 0 aliphatic heterocycles. The maximum atomic E-state index is 6.31. The van der Waals surface area contributed by atoms with E-state index in [0.29, 0.717) is 0 Å². The van der Waals surface area contributed by atoms with Gasteiger partial charge in [-0.15, -0.1) is 11.3 Å². The van der Waals surface area contributed by atoms with E-state index in [-0.39, 0.29) is 5.41 Å². The van der Waals surface area contributed by atoms with Crippen LogP contribution in [-0.2, 0) is 12.0 Å². The van der Waals surface area contributed by atoms with Crippen molar-refractivity contribution in [3.05, 3.63) is 51.6 Å². The number of thiazole rings is 1. The summed E-state index contributed by atoms with van der Waals surface area (Å²) in [7, 11) is 0. The zero-order valence-electron chi connectivity index (χ0n) is 11.9. The van der Waals surface area contributed by atoms with Crippen LogP contribution in [0, 0.1) is 0 Å². The third-order valence-corrected chi connectivity index (χ3v) is 4.50. The second-order valence-electron chi connectivity index (χ2n) is 6.00. The van der Waals surface area contributed by atoms with Gasteiger partial charge in [0.25, 0.3) is 0 Å². The van der Waals surface area contributed by atoms with Crippen LogP contribution in [0.4, 0.5) is 0 Å². The van der Waals surface area contributed by atoms with Crippen LogP contribution in [0.3, 0.4) is 0 Å². The molecule has 20 heavy (non-hydrogen) atoms. The maximum absolute atomic E-state index is 6.31. The Morgan fingerprint density at radius 1 is 1.25 bits per heavy atom. The number of para-hydroxylation sites is 1. The Hall–Kier alpha value is -1.32. The van der Waals surface area contributed by atoms with Crippen molar-refractivity contribution in [3.63, 3.8) is 0 Å². The van der Waals surface area contributed by atoms with E-state index >= 15 is 0 Å². The van der Waals surface area contributed by atoms with Gasteiger partial charge >= 0.3 is 0 Å². The van der Waals surface area contributed by atoms with Gasteiger partial charge in [0.2, 0.25) is 0 Å². The smallest absolute Gasteiger partial charge is 0.113 e. The van der Waals surface area contributed by atoms with Crippen LogP contribution in [-0.4, -0.2) is 9.55 Å². The minimum Gasteiger partial charge on any atom is -0.339 e. The van der Waals surface area contributed by atoms with Gasteiger partial charge in [-0.3, -0.25) is 0 Å². The predicted octanol–water partition coefficient (Wildman–Crippen LogP) is 5.10. The van der Waals surface area contributed by atoms with Crippen molar-refractivity contribution in [1.29, 1.82) is 0 Å². The second kappa shape index (κ2) is 4.90. The Morgan fingerprint density at radius 3 is 2.75 bits per heavy atom. The normalized spacial score (nSPS) is 12.2. The summed E-state index contributed by atoms with van der Waals surface area (Å²) < 4.78 is 2.17. The van der Waals surface area contributed by atoms with Crippen LogP contribution >= 0.6 is 22.9 Å². The van der Waals surface area contributed by atoms with Gasteiger partial charge in [0.15, 0.2) is 0 Å². The van der Waals surface area contributed by atoms with Gasteiger partial charge in [-0.05, 0) is 12.1 Å². The first-order valence-electron chi connectivity index (χ1n) is 6.63. The summed E-state index contributed by atoms with van der Waals surface area (Å²) in [5.41, 5.74) is 2.34. The monoisotopic (exact) mass is 304 g/mol. The van der Waals surface area contributed by atoms with Crippen LogP contribution in [0.2, 0.25) is 5.02 Å². The molecule has 0 aliphatic carbocycles. The number of benzene rings is 1. The van der Waals surface area contributed by atoms with E-state index in [1.807, 2.05) is 12.1 Å². The first-order valence-corrected chi connectivity index (χ1v) is 7.89. The van der Waals surface area contributed by atoms with Crippen LogP contribution in [0.25, 0.3) is 10.9 Å². The van der Waals surface area contributed by atoms with Gasteiger partial charge in [0.1, 0.15) is 5.01 Å². The minimum absolute atomic E-state index is 0.102. The lowest BCUT2D eigenvalue weighted by Crippen LogP contribution is -2.11. The first kappa shape index (κ1) is 13.7. The molecule has 4 heteroatoms. The van der Waals surface area contributed by atoms with E-state index < -0.39 is 0 Å². The van der Waals surface area contributed by atoms with Crippen LogP contribution in [0.1, 0.15) is 31.5 Å². The molecule has 0 radical (unpaired) electrons. The SMILES string of the molecule is CC(C)(C)c1csc(Cn2ccc3cccc(Cl)c32)n1. The molecule has 2 heterocycles. The highest BCUT2D eigenvalue weighted by Crippen LogP contribution is 2.27. The summed E-state index contributed by atoms with van der Waals surface area (Å²) in [4.78, 5) is 4.75. The average Bonchev–Trinajstić information content (AvgIpc) is 2.97. The molecule has 3 aromatic rings. The lowest BCUT2D eigenvalue weighted by molar-refractivity contribution is 0.570. The Bertz CT molecular complexity index is 749. The quantitative estimate of drug-likeness (QED) is 0.644. The fourth-order valence-corrected chi connectivity index (χ4v) is 3.53. The average molecular weight is 305 g/mol. The van der Waals surface area contributed by atoms with Gasteiger partial charge in [0, 0.05) is 22.4 Å². The summed E-state index contributed by atoms with van der Waals surface area (Å²) in [5, 5.41) is 5.24. The summed E-state index contributed by atoms with van der Waals surface area (Å²) in [6.45, 7) is 7.34. The molecule has 0 saturated carbocycles. The Labute approximate surface area is 128 Å². The molecule has 0 N–H and O–H groups in total. The van der Waals surface area contributed by atoms with E-state index in [2.05, 4.69) is 49.0 Å². The third-order valence-electron chi connectivity index (χ3n) is 3.37. The zero-order chi connectivity index (χ0) is 14.3. The Balaban J connectivity index is 1.96. The molecule has 2 aromatic heterocycles. The first-order chi connectivity index (χ1) is 9.45. The molecule has 1 aromatic carbocycles. The van der Waals surface area contributed by atoms with Crippen molar-refractivity contribution in [2.24, 2.45) is 0 Å². The van der Waals surface area contributed by atoms with Crippen LogP contribution in [0.15, 0.2) is 35.8 Å². The highest BCUT2D eigenvalue weighted by Gasteiger charge is 2.17. The number of rotatable bonds is 2. The minimum atomic E-state index is 0.102. The van der Waals surface area contributed by atoms with Gasteiger partial charge < -0.3 is 4.57 Å². The number of nitrogens with zero attached hydrogens (tertiary/aromatic N) is 2. The van der Waals surface area contributed by atoms with E-state index in [4.69, 9.17) is 16.6 Å². The second-order valence-corrected chi connectivity index (χ2v) is 7.35. The van der Waals surface area contributed by atoms with Gasteiger partial charge in [-0.2, -0.15) is 0 Å². The Morgan fingerprint density at radius 2 is 2.05 bits per heavy atom. The number of hydrogen-bond acceptors (Lipinski definition) is 2. The van der Waals surface area contributed by atoms with Crippen molar-refractivity contribution >= 4 is 33.8 Å². The number of hydrogen-bond donors (Lipinski definition) is 0. The standard InChI is InChI=1S/C16H17ClN2S/c1-16(2,3)13-10-20-14(18-13)9-19-8-7-11-5-4-6-12(17)15(11)19/h4-8,10H,9H2,1-3H3. The van der Waals surface area contributed by atoms with Gasteiger partial charge in [-0.1, -0.05) is 44.5 Å². The molecular weight excluding hydrogens is 288 g/mol. The molecule has 3 rings (SSSR count). The summed E-state index contributed by atoms with van der Waals surface area (Å²) in [5.74, 6) is 0. The highest BCUT2D eigenvalue weighted by atomic mass is 35.5. The lowest BCUT2D eigenvalue weighted by Gasteiger charge is -2.14.